The maximum Gasteiger partial charge on any atom is 0.269 e. The molecule has 3 heterocycles. The molecule has 0 radical (unpaired) electrons. The number of aromatic hydroxyl groups is 1. The van der Waals surface area contributed by atoms with Crippen LogP contribution in [0, 0.1) is 22.0 Å². The molecule has 154 valence electrons. The quantitative estimate of drug-likeness (QED) is 0.499. The van der Waals surface area contributed by atoms with Gasteiger partial charge in [0.25, 0.3) is 5.69 Å². The lowest BCUT2D eigenvalue weighted by molar-refractivity contribution is -0.384. The number of nitro benzene ring substituents is 1. The smallest absolute Gasteiger partial charge is 0.269 e. The Hall–Kier alpha value is -2.52. The van der Waals surface area contributed by atoms with Crippen molar-refractivity contribution >= 4 is 22.0 Å². The number of non-ortho nitro benzene ring substituents is 1. The predicted molar refractivity (Wildman–Crippen MR) is 111 cm³/mol. The van der Waals surface area contributed by atoms with Crippen molar-refractivity contribution in [3.63, 3.8) is 0 Å². The summed E-state index contributed by atoms with van der Waals surface area (Å²) in [7, 11) is 0. The fourth-order valence-corrected chi connectivity index (χ4v) is 5.48. The lowest BCUT2D eigenvalue weighted by Gasteiger charge is -2.40. The van der Waals surface area contributed by atoms with E-state index in [2.05, 4.69) is 28.8 Å². The largest absolute Gasteiger partial charge is 0.492 e. The number of hydrogen-bond donors (Lipinski definition) is 1. The summed E-state index contributed by atoms with van der Waals surface area (Å²) in [6, 6.07) is 6.45. The van der Waals surface area contributed by atoms with Crippen LogP contribution in [0.4, 0.5) is 5.69 Å². The minimum atomic E-state index is -0.392. The molecule has 1 aliphatic heterocycles. The van der Waals surface area contributed by atoms with E-state index in [9.17, 15) is 15.2 Å². The van der Waals surface area contributed by atoms with E-state index in [0.717, 1.165) is 23.5 Å². The molecule has 2 aromatic heterocycles. The summed E-state index contributed by atoms with van der Waals surface area (Å²) >= 11 is 1.43. The number of likely N-dealkylation sites (tertiary alicyclic amines) is 1. The van der Waals surface area contributed by atoms with Gasteiger partial charge in [0.05, 0.1) is 15.8 Å². The third kappa shape index (κ3) is 3.72. The highest BCUT2D eigenvalue weighted by Crippen LogP contribution is 2.42. The van der Waals surface area contributed by atoms with Gasteiger partial charge in [0.2, 0.25) is 10.8 Å². The predicted octanol–water partition coefficient (Wildman–Crippen LogP) is 4.03. The molecule has 1 aliphatic rings. The number of piperidine rings is 1. The maximum atomic E-state index is 11.1. The van der Waals surface area contributed by atoms with Crippen LogP contribution in [0.15, 0.2) is 24.3 Å². The van der Waals surface area contributed by atoms with Crippen LogP contribution in [-0.4, -0.2) is 42.6 Å². The Morgan fingerprint density at radius 3 is 2.48 bits per heavy atom. The van der Waals surface area contributed by atoms with E-state index in [1.807, 2.05) is 6.92 Å². The zero-order chi connectivity index (χ0) is 20.7. The second-order valence-electron chi connectivity index (χ2n) is 8.02. The van der Waals surface area contributed by atoms with Crippen LogP contribution < -0.4 is 0 Å². The number of aryl methyl sites for hydroxylation is 1. The van der Waals surface area contributed by atoms with Crippen molar-refractivity contribution in [3.8, 4) is 5.88 Å². The fraction of sp³-hybridized carbons (Fsp3) is 0.500. The van der Waals surface area contributed by atoms with Gasteiger partial charge >= 0.3 is 0 Å². The second kappa shape index (κ2) is 7.72. The van der Waals surface area contributed by atoms with Gasteiger partial charge in [-0.2, -0.15) is 4.52 Å². The number of nitro groups is 1. The average Bonchev–Trinajstić information content (AvgIpc) is 3.21. The van der Waals surface area contributed by atoms with Gasteiger partial charge in [-0.3, -0.25) is 15.0 Å². The summed E-state index contributed by atoms with van der Waals surface area (Å²) in [6.45, 7) is 8.27. The number of benzene rings is 1. The Kier molecular flexibility index (Phi) is 5.26. The molecular formula is C20H25N5O3S. The molecule has 0 aliphatic carbocycles. The number of nitrogens with zero attached hydrogens (tertiary/aromatic N) is 5. The first-order valence-corrected chi connectivity index (χ1v) is 10.7. The van der Waals surface area contributed by atoms with Crippen molar-refractivity contribution in [1.29, 1.82) is 0 Å². The number of fused-ring (bicyclic) bond motifs is 1. The van der Waals surface area contributed by atoms with Gasteiger partial charge in [-0.05, 0) is 23.8 Å². The summed E-state index contributed by atoms with van der Waals surface area (Å²) in [5, 5.41) is 26.4. The molecule has 0 unspecified atom stereocenters. The van der Waals surface area contributed by atoms with Gasteiger partial charge in [0.15, 0.2) is 5.82 Å². The van der Waals surface area contributed by atoms with Crippen LogP contribution in [0.3, 0.4) is 0 Å². The van der Waals surface area contributed by atoms with Gasteiger partial charge in [-0.15, -0.1) is 5.10 Å². The summed E-state index contributed by atoms with van der Waals surface area (Å²) in [4.78, 5) is 19.0. The molecule has 1 aromatic carbocycles. The summed E-state index contributed by atoms with van der Waals surface area (Å²) in [6.07, 6.45) is 1.88. The third-order valence-corrected chi connectivity index (χ3v) is 6.56. The highest BCUT2D eigenvalue weighted by Gasteiger charge is 2.33. The molecule has 1 fully saturated rings. The monoisotopic (exact) mass is 415 g/mol. The second-order valence-corrected chi connectivity index (χ2v) is 9.03. The fourth-order valence-electron chi connectivity index (χ4n) is 4.35. The molecule has 0 saturated carbocycles. The van der Waals surface area contributed by atoms with Crippen molar-refractivity contribution in [2.24, 2.45) is 11.8 Å². The molecule has 4 rings (SSSR count). The maximum absolute atomic E-state index is 11.1. The van der Waals surface area contributed by atoms with E-state index in [1.54, 1.807) is 12.1 Å². The zero-order valence-corrected chi connectivity index (χ0v) is 17.6. The van der Waals surface area contributed by atoms with Crippen LogP contribution >= 0.6 is 11.3 Å². The molecule has 0 bridgehead atoms. The van der Waals surface area contributed by atoms with Crippen molar-refractivity contribution in [3.05, 3.63) is 50.6 Å². The van der Waals surface area contributed by atoms with Crippen LogP contribution in [0.5, 0.6) is 5.88 Å². The lowest BCUT2D eigenvalue weighted by Crippen LogP contribution is -2.41. The first kappa shape index (κ1) is 19.8. The Bertz CT molecular complexity index is 1020. The first-order chi connectivity index (χ1) is 13.9. The number of aromatic nitrogens is 3. The van der Waals surface area contributed by atoms with Gasteiger partial charge in [0, 0.05) is 31.6 Å². The molecule has 1 N–H and O–H groups in total. The molecular weight excluding hydrogens is 390 g/mol. The Morgan fingerprint density at radius 1 is 1.28 bits per heavy atom. The van der Waals surface area contributed by atoms with Gasteiger partial charge in [-0.25, -0.2) is 4.98 Å². The number of rotatable bonds is 5. The molecule has 8 nitrogen and oxygen atoms in total. The molecule has 9 heteroatoms. The van der Waals surface area contributed by atoms with E-state index in [0.29, 0.717) is 29.0 Å². The van der Waals surface area contributed by atoms with E-state index in [1.165, 1.54) is 34.4 Å². The minimum absolute atomic E-state index is 0.0624. The van der Waals surface area contributed by atoms with Crippen LogP contribution in [0.2, 0.25) is 0 Å². The average molecular weight is 416 g/mol. The zero-order valence-electron chi connectivity index (χ0n) is 16.8. The van der Waals surface area contributed by atoms with Crippen molar-refractivity contribution < 1.29 is 10.0 Å². The normalized spacial score (nSPS) is 21.5. The van der Waals surface area contributed by atoms with E-state index >= 15 is 0 Å². The topological polar surface area (TPSA) is 96.8 Å². The Labute approximate surface area is 173 Å². The summed E-state index contributed by atoms with van der Waals surface area (Å²) in [5.41, 5.74) is 0.986. The van der Waals surface area contributed by atoms with E-state index in [-0.39, 0.29) is 17.6 Å². The minimum Gasteiger partial charge on any atom is -0.492 e. The van der Waals surface area contributed by atoms with Crippen LogP contribution in [-0.2, 0) is 6.42 Å². The van der Waals surface area contributed by atoms with E-state index < -0.39 is 4.92 Å². The lowest BCUT2D eigenvalue weighted by atomic mass is 9.89. The number of thiazole rings is 1. The van der Waals surface area contributed by atoms with Crippen LogP contribution in [0.1, 0.15) is 49.5 Å². The van der Waals surface area contributed by atoms with E-state index in [4.69, 9.17) is 0 Å². The molecule has 0 spiro atoms. The molecule has 29 heavy (non-hydrogen) atoms. The standard InChI is InChI=1S/C20H25N5O3S/c1-4-16-21-20-24(22-16)19(26)18(29-20)17(23-10-12(2)9-13(3)11-23)14-5-7-15(8-6-14)25(27)28/h5-8,12-13,17,26H,4,9-11H2,1-3H3/t12-,13+,17-/m0/s1. The Balaban J connectivity index is 1.80. The van der Waals surface area contributed by atoms with Gasteiger partial charge < -0.3 is 5.11 Å². The van der Waals surface area contributed by atoms with Gasteiger partial charge in [-0.1, -0.05) is 44.2 Å². The van der Waals surface area contributed by atoms with Crippen LogP contribution in [0.25, 0.3) is 4.96 Å². The summed E-state index contributed by atoms with van der Waals surface area (Å²) < 4.78 is 1.51. The first-order valence-electron chi connectivity index (χ1n) is 9.93. The molecule has 3 atom stereocenters. The molecule has 3 aromatic rings. The van der Waals surface area contributed by atoms with Crippen molar-refractivity contribution in [2.45, 2.75) is 39.7 Å². The molecule has 1 saturated heterocycles. The highest BCUT2D eigenvalue weighted by molar-refractivity contribution is 7.17. The molecule has 0 amide bonds. The SMILES string of the molecule is CCc1nc2sc([C@H](c3ccc([N+](=O)[O-])cc3)N3C[C@H](C)C[C@H](C)C3)c(O)n2n1. The number of hydrogen-bond acceptors (Lipinski definition) is 7. The Morgan fingerprint density at radius 2 is 1.93 bits per heavy atom. The highest BCUT2D eigenvalue weighted by atomic mass is 32.1. The summed E-state index contributed by atoms with van der Waals surface area (Å²) in [5.74, 6) is 1.88. The van der Waals surface area contributed by atoms with Crippen molar-refractivity contribution in [1.82, 2.24) is 19.5 Å². The third-order valence-electron chi connectivity index (χ3n) is 5.49. The van der Waals surface area contributed by atoms with Crippen molar-refractivity contribution in [2.75, 3.05) is 13.1 Å². The van der Waals surface area contributed by atoms with Gasteiger partial charge in [0.1, 0.15) is 0 Å².